The van der Waals surface area contributed by atoms with Crippen LogP contribution in [-0.4, -0.2) is 48.7 Å². The Balaban J connectivity index is 2.00. The first kappa shape index (κ1) is 20.5. The van der Waals surface area contributed by atoms with Crippen LogP contribution in [0.25, 0.3) is 0 Å². The second-order valence-corrected chi connectivity index (χ2v) is 9.43. The van der Waals surface area contributed by atoms with E-state index in [-0.39, 0.29) is 16.5 Å². The van der Waals surface area contributed by atoms with Crippen LogP contribution in [0.1, 0.15) is 46.8 Å². The molecule has 0 unspecified atom stereocenters. The molecule has 0 aliphatic carbocycles. The van der Waals surface area contributed by atoms with Crippen molar-refractivity contribution in [1.82, 2.24) is 14.1 Å². The number of hydrogen-bond donors (Lipinski definition) is 0. The van der Waals surface area contributed by atoms with Gasteiger partial charge in [0.2, 0.25) is 5.03 Å². The molecule has 0 amide bonds. The van der Waals surface area contributed by atoms with Crippen LogP contribution in [0.4, 0.5) is 0 Å². The number of hydrogen-bond acceptors (Lipinski definition) is 5. The van der Waals surface area contributed by atoms with E-state index in [2.05, 4.69) is 5.10 Å². The molecule has 0 saturated carbocycles. The monoisotopic (exact) mass is 405 g/mol. The zero-order valence-electron chi connectivity index (χ0n) is 16.8. The van der Waals surface area contributed by atoms with Gasteiger partial charge in [0.1, 0.15) is 5.56 Å². The number of carbonyl (C=O) groups excluding carboxylic acids is 1. The molecule has 0 spiro atoms. The van der Waals surface area contributed by atoms with E-state index < -0.39 is 16.0 Å². The van der Waals surface area contributed by atoms with Gasteiger partial charge in [-0.3, -0.25) is 4.68 Å². The molecule has 1 aliphatic rings. The summed E-state index contributed by atoms with van der Waals surface area (Å²) in [6, 6.07) is 6.08. The second kappa shape index (κ2) is 8.05. The van der Waals surface area contributed by atoms with Crippen LogP contribution in [-0.2, 0) is 21.3 Å². The van der Waals surface area contributed by atoms with Crippen molar-refractivity contribution in [1.29, 1.82) is 0 Å². The fourth-order valence-electron chi connectivity index (χ4n) is 3.56. The van der Waals surface area contributed by atoms with Gasteiger partial charge in [0.25, 0.3) is 10.0 Å². The van der Waals surface area contributed by atoms with E-state index in [0.717, 1.165) is 29.5 Å². The molecule has 1 saturated heterocycles. The predicted molar refractivity (Wildman–Crippen MR) is 106 cm³/mol. The number of rotatable bonds is 5. The lowest BCUT2D eigenvalue weighted by molar-refractivity contribution is 0.0596. The topological polar surface area (TPSA) is 81.5 Å². The third kappa shape index (κ3) is 4.12. The Hall–Kier alpha value is -2.19. The molecule has 3 rings (SSSR count). The Morgan fingerprint density at radius 3 is 2.75 bits per heavy atom. The molecule has 1 atom stereocenters. The molecule has 152 valence electrons. The number of benzene rings is 1. The highest BCUT2D eigenvalue weighted by Gasteiger charge is 2.35. The summed E-state index contributed by atoms with van der Waals surface area (Å²) in [5.41, 5.74) is 3.19. The zero-order chi connectivity index (χ0) is 20.5. The van der Waals surface area contributed by atoms with Gasteiger partial charge in [-0.05, 0) is 43.7 Å². The maximum atomic E-state index is 13.2. The van der Waals surface area contributed by atoms with Crippen LogP contribution in [0.5, 0.6) is 0 Å². The van der Waals surface area contributed by atoms with Crippen molar-refractivity contribution >= 4 is 16.0 Å². The number of carbonyl (C=O) groups is 1. The van der Waals surface area contributed by atoms with Gasteiger partial charge in [0.05, 0.1) is 13.7 Å². The van der Waals surface area contributed by atoms with Gasteiger partial charge in [0.15, 0.2) is 0 Å². The van der Waals surface area contributed by atoms with Crippen molar-refractivity contribution in [2.75, 3.05) is 20.2 Å². The predicted octanol–water partition coefficient (Wildman–Crippen LogP) is 2.76. The van der Waals surface area contributed by atoms with Gasteiger partial charge < -0.3 is 4.74 Å². The first-order valence-electron chi connectivity index (χ1n) is 9.44. The van der Waals surface area contributed by atoms with Gasteiger partial charge in [0, 0.05) is 19.3 Å². The highest BCUT2D eigenvalue weighted by Crippen LogP contribution is 2.25. The number of nitrogens with zero attached hydrogens (tertiary/aromatic N) is 3. The molecule has 7 nitrogen and oxygen atoms in total. The first-order chi connectivity index (χ1) is 13.2. The molecule has 2 heterocycles. The molecule has 28 heavy (non-hydrogen) atoms. The summed E-state index contributed by atoms with van der Waals surface area (Å²) >= 11 is 0. The van der Waals surface area contributed by atoms with Crippen LogP contribution < -0.4 is 0 Å². The Bertz CT molecular complexity index is 981. The third-order valence-electron chi connectivity index (χ3n) is 5.17. The maximum Gasteiger partial charge on any atom is 0.342 e. The Morgan fingerprint density at radius 1 is 1.32 bits per heavy atom. The molecule has 0 bridgehead atoms. The fourth-order valence-corrected chi connectivity index (χ4v) is 5.24. The lowest BCUT2D eigenvalue weighted by Gasteiger charge is -2.29. The Kier molecular flexibility index (Phi) is 5.90. The number of aromatic nitrogens is 2. The quantitative estimate of drug-likeness (QED) is 0.715. The molecular formula is C20H27N3O4S. The number of aryl methyl sites for hydroxylation is 2. The number of ether oxygens (including phenoxy) is 1. The standard InChI is InChI=1S/C20H27N3O4S/c1-14-7-8-16(3)17(10-14)12-22-13-18(20(24)27-4)19(21-22)28(25,26)23-9-5-6-15(2)11-23/h7-8,10,13,15H,5-6,9,11-12H2,1-4H3/t15-/m0/s1. The van der Waals surface area contributed by atoms with Crippen molar-refractivity contribution in [2.24, 2.45) is 5.92 Å². The summed E-state index contributed by atoms with van der Waals surface area (Å²) < 4.78 is 34.2. The van der Waals surface area contributed by atoms with Crippen LogP contribution in [0.3, 0.4) is 0 Å². The molecule has 1 fully saturated rings. The molecule has 0 radical (unpaired) electrons. The number of piperidine rings is 1. The Labute approximate surface area is 166 Å². The van der Waals surface area contributed by atoms with Crippen LogP contribution in [0.2, 0.25) is 0 Å². The smallest absolute Gasteiger partial charge is 0.342 e. The number of sulfonamides is 1. The zero-order valence-corrected chi connectivity index (χ0v) is 17.6. The van der Waals surface area contributed by atoms with Crippen molar-refractivity contribution in [3.8, 4) is 0 Å². The van der Waals surface area contributed by atoms with Crippen LogP contribution >= 0.6 is 0 Å². The van der Waals surface area contributed by atoms with E-state index in [1.54, 1.807) is 0 Å². The summed E-state index contributed by atoms with van der Waals surface area (Å²) in [5.74, 6) is -0.419. The minimum Gasteiger partial charge on any atom is -0.465 e. The largest absolute Gasteiger partial charge is 0.465 e. The van der Waals surface area contributed by atoms with Crippen LogP contribution in [0.15, 0.2) is 29.4 Å². The normalized spacial score (nSPS) is 18.2. The molecular weight excluding hydrogens is 378 g/mol. The average Bonchev–Trinajstić information content (AvgIpc) is 3.09. The molecule has 1 aliphatic heterocycles. The molecule has 8 heteroatoms. The van der Waals surface area contributed by atoms with Gasteiger partial charge in [-0.15, -0.1) is 0 Å². The van der Waals surface area contributed by atoms with Gasteiger partial charge in [-0.25, -0.2) is 13.2 Å². The van der Waals surface area contributed by atoms with E-state index in [9.17, 15) is 13.2 Å². The van der Waals surface area contributed by atoms with Crippen molar-refractivity contribution in [3.63, 3.8) is 0 Å². The summed E-state index contributed by atoms with van der Waals surface area (Å²) in [6.07, 6.45) is 3.27. The summed E-state index contributed by atoms with van der Waals surface area (Å²) in [5, 5.41) is 4.08. The van der Waals surface area contributed by atoms with E-state index >= 15 is 0 Å². The summed E-state index contributed by atoms with van der Waals surface area (Å²) in [7, 11) is -2.63. The average molecular weight is 406 g/mol. The molecule has 2 aromatic rings. The highest BCUT2D eigenvalue weighted by atomic mass is 32.2. The Morgan fingerprint density at radius 2 is 2.07 bits per heavy atom. The lowest BCUT2D eigenvalue weighted by atomic mass is 10.0. The van der Waals surface area contributed by atoms with E-state index in [1.807, 2.05) is 39.0 Å². The first-order valence-corrected chi connectivity index (χ1v) is 10.9. The summed E-state index contributed by atoms with van der Waals surface area (Å²) in [4.78, 5) is 12.3. The minimum atomic E-state index is -3.87. The molecule has 1 aromatic heterocycles. The van der Waals surface area contributed by atoms with Gasteiger partial charge >= 0.3 is 5.97 Å². The molecule has 1 aromatic carbocycles. The van der Waals surface area contributed by atoms with Crippen molar-refractivity contribution in [3.05, 3.63) is 46.6 Å². The maximum absolute atomic E-state index is 13.2. The van der Waals surface area contributed by atoms with E-state index in [1.165, 1.54) is 22.3 Å². The number of esters is 1. The summed E-state index contributed by atoms with van der Waals surface area (Å²) in [6.45, 7) is 7.28. The van der Waals surface area contributed by atoms with Crippen molar-refractivity contribution in [2.45, 2.75) is 45.2 Å². The van der Waals surface area contributed by atoms with Gasteiger partial charge in [-0.1, -0.05) is 30.7 Å². The lowest BCUT2D eigenvalue weighted by Crippen LogP contribution is -2.39. The van der Waals surface area contributed by atoms with E-state index in [0.29, 0.717) is 19.6 Å². The number of methoxy groups -OCH3 is 1. The van der Waals surface area contributed by atoms with Crippen LogP contribution in [0, 0.1) is 19.8 Å². The van der Waals surface area contributed by atoms with Gasteiger partial charge in [-0.2, -0.15) is 9.40 Å². The van der Waals surface area contributed by atoms with E-state index in [4.69, 9.17) is 4.74 Å². The SMILES string of the molecule is COC(=O)c1cn(Cc2cc(C)ccc2C)nc1S(=O)(=O)N1CCC[C@H](C)C1. The minimum absolute atomic E-state index is 0.0222. The van der Waals surface area contributed by atoms with Crippen molar-refractivity contribution < 1.29 is 17.9 Å². The second-order valence-electron chi connectivity index (χ2n) is 7.58. The molecule has 0 N–H and O–H groups in total. The fraction of sp³-hybridized carbons (Fsp3) is 0.500. The third-order valence-corrected chi connectivity index (χ3v) is 6.98. The highest BCUT2D eigenvalue weighted by molar-refractivity contribution is 7.89.